The SMILES string of the molecule is CC(C)n1ncc2c1C(=O)CC1(CCN(C(=O)c3cnc4c(c3)C(C(N)=O)=NC4)CC1)C2. The van der Waals surface area contributed by atoms with Crippen molar-refractivity contribution in [3.8, 4) is 0 Å². The molecule has 166 valence electrons. The molecule has 32 heavy (non-hydrogen) atoms. The van der Waals surface area contributed by atoms with Crippen LogP contribution in [0.3, 0.4) is 0 Å². The van der Waals surface area contributed by atoms with Gasteiger partial charge in [0.05, 0.1) is 24.0 Å². The Morgan fingerprint density at radius 2 is 1.91 bits per heavy atom. The van der Waals surface area contributed by atoms with Crippen molar-refractivity contribution >= 4 is 23.3 Å². The number of Topliss-reactive ketones (excluding diaryl/α,β-unsaturated/α-hetero) is 1. The van der Waals surface area contributed by atoms with Gasteiger partial charge < -0.3 is 10.6 Å². The van der Waals surface area contributed by atoms with Crippen LogP contribution in [0.15, 0.2) is 23.5 Å². The molecule has 0 atom stereocenters. The summed E-state index contributed by atoms with van der Waals surface area (Å²) in [6.07, 6.45) is 6.23. The van der Waals surface area contributed by atoms with Crippen LogP contribution in [0.4, 0.5) is 0 Å². The van der Waals surface area contributed by atoms with Gasteiger partial charge in [-0.3, -0.25) is 29.0 Å². The third kappa shape index (κ3) is 3.23. The number of amides is 2. The second-order valence-electron chi connectivity index (χ2n) is 9.37. The van der Waals surface area contributed by atoms with E-state index >= 15 is 0 Å². The van der Waals surface area contributed by atoms with Gasteiger partial charge in [0.25, 0.3) is 11.8 Å². The van der Waals surface area contributed by atoms with Crippen LogP contribution in [0.1, 0.15) is 76.8 Å². The first-order chi connectivity index (χ1) is 15.3. The van der Waals surface area contributed by atoms with E-state index in [1.54, 1.807) is 12.3 Å². The molecule has 0 bridgehead atoms. The number of aliphatic imine (C=N–C) groups is 1. The predicted octanol–water partition coefficient (Wildman–Crippen LogP) is 1.70. The molecule has 2 aliphatic heterocycles. The molecule has 9 nitrogen and oxygen atoms in total. The summed E-state index contributed by atoms with van der Waals surface area (Å²) in [6.45, 7) is 5.52. The lowest BCUT2D eigenvalue weighted by molar-refractivity contribution is -0.111. The molecule has 1 saturated heterocycles. The van der Waals surface area contributed by atoms with E-state index in [0.717, 1.165) is 30.5 Å². The molecule has 0 unspecified atom stereocenters. The van der Waals surface area contributed by atoms with Crippen molar-refractivity contribution in [1.29, 1.82) is 0 Å². The van der Waals surface area contributed by atoms with Crippen molar-refractivity contribution in [2.75, 3.05) is 13.1 Å². The molecular formula is C23H26N6O3. The molecular weight excluding hydrogens is 408 g/mol. The molecule has 1 fully saturated rings. The Bertz CT molecular complexity index is 1170. The number of piperidine rings is 1. The highest BCUT2D eigenvalue weighted by atomic mass is 16.2. The van der Waals surface area contributed by atoms with Crippen molar-refractivity contribution in [2.24, 2.45) is 16.1 Å². The van der Waals surface area contributed by atoms with Gasteiger partial charge in [0.15, 0.2) is 5.78 Å². The Balaban J connectivity index is 1.31. The van der Waals surface area contributed by atoms with Crippen LogP contribution in [-0.2, 0) is 17.8 Å². The van der Waals surface area contributed by atoms with Gasteiger partial charge in [0.2, 0.25) is 0 Å². The molecule has 0 aromatic carbocycles. The van der Waals surface area contributed by atoms with Crippen LogP contribution in [0.2, 0.25) is 0 Å². The third-order valence-electron chi connectivity index (χ3n) is 6.93. The van der Waals surface area contributed by atoms with Gasteiger partial charge in [0.1, 0.15) is 11.4 Å². The number of ketones is 1. The Hall–Kier alpha value is -3.36. The van der Waals surface area contributed by atoms with E-state index in [1.165, 1.54) is 0 Å². The van der Waals surface area contributed by atoms with Gasteiger partial charge >= 0.3 is 0 Å². The summed E-state index contributed by atoms with van der Waals surface area (Å²) in [5.74, 6) is -0.586. The van der Waals surface area contributed by atoms with Crippen molar-refractivity contribution < 1.29 is 14.4 Å². The first-order valence-electron chi connectivity index (χ1n) is 11.0. The van der Waals surface area contributed by atoms with E-state index in [1.807, 2.05) is 29.6 Å². The molecule has 1 spiro atoms. The van der Waals surface area contributed by atoms with E-state index in [2.05, 4.69) is 15.1 Å². The summed E-state index contributed by atoms with van der Waals surface area (Å²) < 4.78 is 1.83. The smallest absolute Gasteiger partial charge is 0.267 e. The van der Waals surface area contributed by atoms with Crippen molar-refractivity contribution in [2.45, 2.75) is 52.1 Å². The number of hydrogen-bond acceptors (Lipinski definition) is 6. The number of fused-ring (bicyclic) bond motifs is 2. The second-order valence-corrected chi connectivity index (χ2v) is 9.37. The minimum atomic E-state index is -0.614. The third-order valence-corrected chi connectivity index (χ3v) is 6.93. The molecule has 2 aromatic rings. The number of rotatable bonds is 3. The van der Waals surface area contributed by atoms with E-state index in [9.17, 15) is 14.4 Å². The van der Waals surface area contributed by atoms with Crippen LogP contribution in [0, 0.1) is 5.41 Å². The number of nitrogens with two attached hydrogens (primary N) is 1. The summed E-state index contributed by atoms with van der Waals surface area (Å²) in [7, 11) is 0. The van der Waals surface area contributed by atoms with E-state index < -0.39 is 5.91 Å². The molecule has 2 amide bonds. The summed E-state index contributed by atoms with van der Waals surface area (Å²) in [5, 5.41) is 4.44. The highest BCUT2D eigenvalue weighted by molar-refractivity contribution is 6.45. The number of carbonyl (C=O) groups is 3. The monoisotopic (exact) mass is 434 g/mol. The highest BCUT2D eigenvalue weighted by Gasteiger charge is 2.43. The molecule has 9 heteroatoms. The maximum Gasteiger partial charge on any atom is 0.267 e. The molecule has 4 heterocycles. The standard InChI is InChI=1S/C23H26N6O3/c1-13(2)29-20-15(11-27-29)8-23(9-18(20)30)3-5-28(6-4-23)22(32)14-7-16-17(25-10-14)12-26-19(16)21(24)31/h7,10-11,13H,3-6,8-9,12H2,1-2H3,(H2,24,31). The number of aromatic nitrogens is 3. The van der Waals surface area contributed by atoms with Gasteiger partial charge in [-0.15, -0.1) is 0 Å². The van der Waals surface area contributed by atoms with Crippen LogP contribution >= 0.6 is 0 Å². The highest BCUT2D eigenvalue weighted by Crippen LogP contribution is 2.44. The normalized spacial score (nSPS) is 19.2. The van der Waals surface area contributed by atoms with Crippen LogP contribution in [0.25, 0.3) is 0 Å². The number of carbonyl (C=O) groups excluding carboxylic acids is 3. The summed E-state index contributed by atoms with van der Waals surface area (Å²) in [6, 6.07) is 1.82. The molecule has 2 N–H and O–H groups in total. The Kier molecular flexibility index (Phi) is 4.72. The Labute approximate surface area is 185 Å². The van der Waals surface area contributed by atoms with E-state index in [4.69, 9.17) is 5.73 Å². The number of nitrogens with zero attached hydrogens (tertiary/aromatic N) is 5. The topological polar surface area (TPSA) is 124 Å². The fourth-order valence-electron chi connectivity index (χ4n) is 5.23. The van der Waals surface area contributed by atoms with Crippen LogP contribution in [-0.4, -0.2) is 56.1 Å². The van der Waals surface area contributed by atoms with Gasteiger partial charge in [-0.1, -0.05) is 0 Å². The van der Waals surface area contributed by atoms with Crippen molar-refractivity contribution in [3.63, 3.8) is 0 Å². The number of pyridine rings is 1. The molecule has 1 aliphatic carbocycles. The Morgan fingerprint density at radius 1 is 1.16 bits per heavy atom. The van der Waals surface area contributed by atoms with Crippen LogP contribution in [0.5, 0.6) is 0 Å². The van der Waals surface area contributed by atoms with Gasteiger partial charge in [-0.2, -0.15) is 5.10 Å². The second kappa shape index (κ2) is 7.36. The minimum Gasteiger partial charge on any atom is -0.364 e. The molecule has 0 radical (unpaired) electrons. The average molecular weight is 435 g/mol. The van der Waals surface area contributed by atoms with Gasteiger partial charge in [0, 0.05) is 42.9 Å². The predicted molar refractivity (Wildman–Crippen MR) is 117 cm³/mol. The average Bonchev–Trinajstić information content (AvgIpc) is 3.37. The summed E-state index contributed by atoms with van der Waals surface area (Å²) in [5.41, 5.74) is 8.86. The molecule has 3 aliphatic rings. The zero-order valence-corrected chi connectivity index (χ0v) is 18.3. The maximum atomic E-state index is 13.1. The van der Waals surface area contributed by atoms with Gasteiger partial charge in [-0.25, -0.2) is 0 Å². The van der Waals surface area contributed by atoms with Crippen molar-refractivity contribution in [3.05, 3.63) is 46.5 Å². The number of primary amides is 1. The molecule has 5 rings (SSSR count). The lowest BCUT2D eigenvalue weighted by atomic mass is 9.67. The van der Waals surface area contributed by atoms with Crippen molar-refractivity contribution in [1.82, 2.24) is 19.7 Å². The maximum absolute atomic E-state index is 13.1. The Morgan fingerprint density at radius 3 is 2.59 bits per heavy atom. The zero-order chi connectivity index (χ0) is 22.6. The van der Waals surface area contributed by atoms with E-state index in [-0.39, 0.29) is 28.9 Å². The fourth-order valence-corrected chi connectivity index (χ4v) is 5.23. The summed E-state index contributed by atoms with van der Waals surface area (Å²) in [4.78, 5) is 48.0. The van der Waals surface area contributed by atoms with Crippen LogP contribution < -0.4 is 5.73 Å². The van der Waals surface area contributed by atoms with E-state index in [0.29, 0.717) is 42.9 Å². The lowest BCUT2D eigenvalue weighted by Gasteiger charge is -2.43. The van der Waals surface area contributed by atoms with Gasteiger partial charge in [-0.05, 0) is 44.6 Å². The molecule has 2 aromatic heterocycles. The first-order valence-corrected chi connectivity index (χ1v) is 11.0. The largest absolute Gasteiger partial charge is 0.364 e. The number of likely N-dealkylation sites (tertiary alicyclic amines) is 1. The minimum absolute atomic E-state index is 0.117. The lowest BCUT2D eigenvalue weighted by Crippen LogP contribution is -2.46. The molecule has 0 saturated carbocycles. The number of hydrogen-bond donors (Lipinski definition) is 1. The fraction of sp³-hybridized carbons (Fsp3) is 0.478. The zero-order valence-electron chi connectivity index (χ0n) is 18.3. The first kappa shape index (κ1) is 20.5. The summed E-state index contributed by atoms with van der Waals surface area (Å²) >= 11 is 0. The quantitative estimate of drug-likeness (QED) is 0.787.